The number of ether oxygens (including phenoxy) is 2. The van der Waals surface area contributed by atoms with Gasteiger partial charge >= 0.3 is 0 Å². The molecule has 6 heteroatoms. The van der Waals surface area contributed by atoms with Gasteiger partial charge in [-0.05, 0) is 37.5 Å². The largest absolute Gasteiger partial charge is 0.493 e. The van der Waals surface area contributed by atoms with E-state index >= 15 is 0 Å². The van der Waals surface area contributed by atoms with Crippen molar-refractivity contribution in [3.63, 3.8) is 0 Å². The maximum Gasteiger partial charge on any atom is 0.264 e. The Bertz CT molecular complexity index is 583. The van der Waals surface area contributed by atoms with Crippen molar-refractivity contribution in [3.05, 3.63) is 35.5 Å². The minimum Gasteiger partial charge on any atom is -0.493 e. The van der Waals surface area contributed by atoms with E-state index in [2.05, 4.69) is 17.1 Å². The van der Waals surface area contributed by atoms with Gasteiger partial charge in [-0.1, -0.05) is 18.1 Å². The molecule has 2 rings (SSSR count). The van der Waals surface area contributed by atoms with E-state index in [0.717, 1.165) is 18.4 Å². The molecule has 0 saturated carbocycles. The van der Waals surface area contributed by atoms with Gasteiger partial charge in [0.15, 0.2) is 23.9 Å². The predicted molar refractivity (Wildman–Crippen MR) is 78.3 cm³/mol. The first-order valence-electron chi connectivity index (χ1n) is 6.96. The highest BCUT2D eigenvalue weighted by molar-refractivity contribution is 5.43. The Balaban J connectivity index is 2.05. The lowest BCUT2D eigenvalue weighted by Gasteiger charge is -2.13. The summed E-state index contributed by atoms with van der Waals surface area (Å²) in [7, 11) is 1.61. The smallest absolute Gasteiger partial charge is 0.264 e. The molecule has 0 aliphatic heterocycles. The van der Waals surface area contributed by atoms with E-state index in [9.17, 15) is 0 Å². The average molecular weight is 291 g/mol. The van der Waals surface area contributed by atoms with Gasteiger partial charge in [0.25, 0.3) is 5.89 Å². The van der Waals surface area contributed by atoms with Crippen molar-refractivity contribution in [1.29, 1.82) is 0 Å². The maximum atomic E-state index is 5.97. The Morgan fingerprint density at radius 2 is 2.14 bits per heavy atom. The fourth-order valence-electron chi connectivity index (χ4n) is 1.94. The first-order valence-corrected chi connectivity index (χ1v) is 6.96. The van der Waals surface area contributed by atoms with Crippen LogP contribution in [0.3, 0.4) is 0 Å². The standard InChI is InChI=1S/C15H21N3O3/c1-4-12(16)7-11-5-6-13(14(8-11)19-3)20-9-15-17-10(2)18-21-15/h5-6,8,12H,4,7,9,16H2,1-3H3. The SMILES string of the molecule is CCC(N)Cc1ccc(OCc2nc(C)no2)c(OC)c1. The molecule has 0 amide bonds. The van der Waals surface area contributed by atoms with Crippen LogP contribution in [0, 0.1) is 6.92 Å². The molecule has 0 aliphatic carbocycles. The molecule has 0 aliphatic rings. The van der Waals surface area contributed by atoms with E-state index in [1.165, 1.54) is 0 Å². The Morgan fingerprint density at radius 1 is 1.33 bits per heavy atom. The molecule has 1 aromatic carbocycles. The molecule has 0 bridgehead atoms. The van der Waals surface area contributed by atoms with Gasteiger partial charge in [-0.3, -0.25) is 0 Å². The van der Waals surface area contributed by atoms with Crippen molar-refractivity contribution in [1.82, 2.24) is 10.1 Å². The zero-order valence-corrected chi connectivity index (χ0v) is 12.6. The molecule has 2 N–H and O–H groups in total. The second kappa shape index (κ2) is 7.08. The van der Waals surface area contributed by atoms with Gasteiger partial charge < -0.3 is 19.7 Å². The molecule has 1 heterocycles. The summed E-state index contributed by atoms with van der Waals surface area (Å²) in [6.45, 7) is 4.05. The highest BCUT2D eigenvalue weighted by Crippen LogP contribution is 2.29. The number of hydrogen-bond acceptors (Lipinski definition) is 6. The molecule has 0 spiro atoms. The third kappa shape index (κ3) is 4.19. The zero-order chi connectivity index (χ0) is 15.2. The Labute approximate surface area is 124 Å². The second-order valence-electron chi connectivity index (χ2n) is 4.88. The van der Waals surface area contributed by atoms with Gasteiger partial charge in [-0.15, -0.1) is 0 Å². The van der Waals surface area contributed by atoms with Gasteiger partial charge in [0.1, 0.15) is 0 Å². The normalized spacial score (nSPS) is 12.2. The second-order valence-corrected chi connectivity index (χ2v) is 4.88. The van der Waals surface area contributed by atoms with Gasteiger partial charge in [0.2, 0.25) is 0 Å². The van der Waals surface area contributed by atoms with Crippen LogP contribution in [0.25, 0.3) is 0 Å². The Hall–Kier alpha value is -2.08. The lowest BCUT2D eigenvalue weighted by Crippen LogP contribution is -2.21. The summed E-state index contributed by atoms with van der Waals surface area (Å²) in [6, 6.07) is 5.97. The predicted octanol–water partition coefficient (Wildman–Crippen LogP) is 2.25. The first kappa shape index (κ1) is 15.3. The number of methoxy groups -OCH3 is 1. The molecule has 1 aromatic heterocycles. The van der Waals surface area contributed by atoms with Crippen LogP contribution < -0.4 is 15.2 Å². The molecule has 6 nitrogen and oxygen atoms in total. The van der Waals surface area contributed by atoms with E-state index in [-0.39, 0.29) is 12.6 Å². The molecule has 114 valence electrons. The van der Waals surface area contributed by atoms with E-state index in [1.807, 2.05) is 18.2 Å². The summed E-state index contributed by atoms with van der Waals surface area (Å²) in [5.74, 6) is 2.34. The molecular weight excluding hydrogens is 270 g/mol. The van der Waals surface area contributed by atoms with Crippen molar-refractivity contribution in [3.8, 4) is 11.5 Å². The fraction of sp³-hybridized carbons (Fsp3) is 0.467. The summed E-state index contributed by atoms with van der Waals surface area (Å²) < 4.78 is 16.0. The van der Waals surface area contributed by atoms with Crippen LogP contribution in [-0.2, 0) is 13.0 Å². The van der Waals surface area contributed by atoms with Crippen LogP contribution in [0.15, 0.2) is 22.7 Å². The monoisotopic (exact) mass is 291 g/mol. The van der Waals surface area contributed by atoms with Gasteiger partial charge in [-0.2, -0.15) is 4.98 Å². The fourth-order valence-corrected chi connectivity index (χ4v) is 1.94. The summed E-state index contributed by atoms with van der Waals surface area (Å²) >= 11 is 0. The van der Waals surface area contributed by atoms with Crippen LogP contribution in [-0.4, -0.2) is 23.3 Å². The third-order valence-corrected chi connectivity index (χ3v) is 3.17. The quantitative estimate of drug-likeness (QED) is 0.842. The molecule has 1 atom stereocenters. The summed E-state index contributed by atoms with van der Waals surface area (Å²) in [5.41, 5.74) is 7.10. The van der Waals surface area contributed by atoms with Gasteiger partial charge in [-0.25, -0.2) is 0 Å². The number of benzene rings is 1. The van der Waals surface area contributed by atoms with Crippen molar-refractivity contribution in [2.45, 2.75) is 39.3 Å². The third-order valence-electron chi connectivity index (χ3n) is 3.17. The molecule has 0 radical (unpaired) electrons. The molecule has 21 heavy (non-hydrogen) atoms. The van der Waals surface area contributed by atoms with E-state index < -0.39 is 0 Å². The summed E-state index contributed by atoms with van der Waals surface area (Å²) in [4.78, 5) is 4.09. The Kier molecular flexibility index (Phi) is 5.16. The van der Waals surface area contributed by atoms with Crippen LogP contribution >= 0.6 is 0 Å². The number of hydrogen-bond donors (Lipinski definition) is 1. The van der Waals surface area contributed by atoms with Crippen LogP contribution in [0.5, 0.6) is 11.5 Å². The number of rotatable bonds is 7. The lowest BCUT2D eigenvalue weighted by molar-refractivity contribution is 0.233. The maximum absolute atomic E-state index is 5.97. The Morgan fingerprint density at radius 3 is 2.76 bits per heavy atom. The minimum atomic E-state index is 0.155. The van der Waals surface area contributed by atoms with E-state index in [4.69, 9.17) is 19.7 Å². The molecule has 1 unspecified atom stereocenters. The van der Waals surface area contributed by atoms with Gasteiger partial charge in [0, 0.05) is 6.04 Å². The molecule has 0 saturated heterocycles. The zero-order valence-electron chi connectivity index (χ0n) is 12.6. The number of aryl methyl sites for hydroxylation is 1. The minimum absolute atomic E-state index is 0.155. The van der Waals surface area contributed by atoms with Crippen molar-refractivity contribution < 1.29 is 14.0 Å². The summed E-state index contributed by atoms with van der Waals surface area (Å²) in [5, 5.41) is 3.72. The molecule has 2 aromatic rings. The number of aromatic nitrogens is 2. The lowest BCUT2D eigenvalue weighted by atomic mass is 10.0. The van der Waals surface area contributed by atoms with Crippen LogP contribution in [0.4, 0.5) is 0 Å². The van der Waals surface area contributed by atoms with E-state index in [0.29, 0.717) is 23.2 Å². The van der Waals surface area contributed by atoms with Crippen LogP contribution in [0.2, 0.25) is 0 Å². The van der Waals surface area contributed by atoms with E-state index in [1.54, 1.807) is 14.0 Å². The van der Waals surface area contributed by atoms with Gasteiger partial charge in [0.05, 0.1) is 7.11 Å². The average Bonchev–Trinajstić information content (AvgIpc) is 2.91. The van der Waals surface area contributed by atoms with Crippen LogP contribution in [0.1, 0.15) is 30.6 Å². The number of nitrogens with zero attached hydrogens (tertiary/aromatic N) is 2. The summed E-state index contributed by atoms with van der Waals surface area (Å²) in [6.07, 6.45) is 1.76. The number of nitrogens with two attached hydrogens (primary N) is 1. The highest BCUT2D eigenvalue weighted by atomic mass is 16.5. The highest BCUT2D eigenvalue weighted by Gasteiger charge is 2.10. The van der Waals surface area contributed by atoms with Crippen molar-refractivity contribution in [2.24, 2.45) is 5.73 Å². The van der Waals surface area contributed by atoms with Crippen molar-refractivity contribution in [2.75, 3.05) is 7.11 Å². The topological polar surface area (TPSA) is 83.4 Å². The van der Waals surface area contributed by atoms with Crippen molar-refractivity contribution >= 4 is 0 Å². The first-order chi connectivity index (χ1) is 10.1. The molecular formula is C15H21N3O3. The molecule has 0 fully saturated rings.